The van der Waals surface area contributed by atoms with E-state index in [4.69, 9.17) is 0 Å². The third-order valence-electron chi connectivity index (χ3n) is 2.07. The van der Waals surface area contributed by atoms with E-state index in [-0.39, 0.29) is 17.2 Å². The molecule has 2 aromatic rings. The van der Waals surface area contributed by atoms with Crippen molar-refractivity contribution in [2.45, 2.75) is 0 Å². The zero-order chi connectivity index (χ0) is 13.1. The number of amides is 1. The van der Waals surface area contributed by atoms with Crippen LogP contribution in [-0.4, -0.2) is 31.0 Å². The molecule has 0 bridgehead atoms. The van der Waals surface area contributed by atoms with Gasteiger partial charge in [0.05, 0.1) is 12.0 Å². The largest absolute Gasteiger partial charge is 0.288 e. The second-order valence-corrected chi connectivity index (χ2v) is 3.36. The number of nitrogens with one attached hydrogen (secondary N) is 1. The minimum atomic E-state index is -0.536. The van der Waals surface area contributed by atoms with Gasteiger partial charge in [0.1, 0.15) is 0 Å². The number of carbonyl (C=O) groups is 1. The molecule has 0 aliphatic carbocycles. The Morgan fingerprint density at radius 3 is 2.56 bits per heavy atom. The molecule has 0 atom stereocenters. The summed E-state index contributed by atoms with van der Waals surface area (Å²) in [4.78, 5) is 22.8. The minimum absolute atomic E-state index is 0.0702. The predicted octanol–water partition coefficient (Wildman–Crippen LogP) is 0.371. The molecule has 0 fully saturated rings. The molecule has 18 heavy (non-hydrogen) atoms. The van der Waals surface area contributed by atoms with E-state index in [1.165, 1.54) is 29.1 Å². The van der Waals surface area contributed by atoms with Crippen molar-refractivity contribution in [3.8, 4) is 0 Å². The summed E-state index contributed by atoms with van der Waals surface area (Å²) >= 11 is 0. The molecular formula is C9H8N6O3. The van der Waals surface area contributed by atoms with Crippen molar-refractivity contribution in [3.05, 3.63) is 39.9 Å². The average Bonchev–Trinajstić information content (AvgIpc) is 2.75. The lowest BCUT2D eigenvalue weighted by atomic mass is 10.2. The minimum Gasteiger partial charge on any atom is -0.288 e. The Balaban J connectivity index is 2.11. The Morgan fingerprint density at radius 2 is 2.06 bits per heavy atom. The summed E-state index contributed by atoms with van der Waals surface area (Å²) in [5, 5.41) is 23.8. The summed E-state index contributed by atoms with van der Waals surface area (Å²) < 4.78 is 0. The normalized spacial score (nSPS) is 10.1. The number of nitro benzene ring substituents is 1. The summed E-state index contributed by atoms with van der Waals surface area (Å²) in [5.41, 5.74) is 0.192. The molecule has 1 heterocycles. The third kappa shape index (κ3) is 2.45. The second kappa shape index (κ2) is 4.57. The number of non-ortho nitro benzene ring substituents is 1. The Morgan fingerprint density at radius 1 is 1.39 bits per heavy atom. The zero-order valence-corrected chi connectivity index (χ0v) is 9.27. The fourth-order valence-electron chi connectivity index (χ4n) is 1.24. The van der Waals surface area contributed by atoms with Gasteiger partial charge in [-0.25, -0.2) is 0 Å². The Bertz CT molecular complexity index is 591. The van der Waals surface area contributed by atoms with E-state index < -0.39 is 10.8 Å². The fraction of sp³-hybridized carbons (Fsp3) is 0.111. The first-order valence-electron chi connectivity index (χ1n) is 4.86. The van der Waals surface area contributed by atoms with Crippen LogP contribution in [0.2, 0.25) is 0 Å². The lowest BCUT2D eigenvalue weighted by Crippen LogP contribution is -2.13. The van der Waals surface area contributed by atoms with E-state index in [9.17, 15) is 14.9 Å². The van der Waals surface area contributed by atoms with E-state index >= 15 is 0 Å². The number of carbonyl (C=O) groups excluding carboxylic acids is 1. The highest BCUT2D eigenvalue weighted by atomic mass is 16.6. The van der Waals surface area contributed by atoms with Crippen molar-refractivity contribution in [3.63, 3.8) is 0 Å². The molecule has 0 saturated heterocycles. The third-order valence-corrected chi connectivity index (χ3v) is 2.07. The molecule has 1 amide bonds. The zero-order valence-electron chi connectivity index (χ0n) is 9.27. The quantitative estimate of drug-likeness (QED) is 0.619. The van der Waals surface area contributed by atoms with Gasteiger partial charge in [0.25, 0.3) is 17.5 Å². The molecular weight excluding hydrogens is 240 g/mol. The SMILES string of the molecule is Cn1nnc(NC(=O)c2ccc([N+](=O)[O-])cc2)n1. The van der Waals surface area contributed by atoms with Crippen LogP contribution in [0, 0.1) is 10.1 Å². The van der Waals surface area contributed by atoms with E-state index in [1.807, 2.05) is 0 Å². The molecule has 0 spiro atoms. The first-order valence-corrected chi connectivity index (χ1v) is 4.86. The van der Waals surface area contributed by atoms with Crippen LogP contribution >= 0.6 is 0 Å². The van der Waals surface area contributed by atoms with Crippen LogP contribution in [0.15, 0.2) is 24.3 Å². The maximum Gasteiger partial charge on any atom is 0.270 e. The number of aromatic nitrogens is 4. The van der Waals surface area contributed by atoms with Crippen LogP contribution in [0.1, 0.15) is 10.4 Å². The van der Waals surface area contributed by atoms with Crippen molar-refractivity contribution < 1.29 is 9.72 Å². The van der Waals surface area contributed by atoms with Gasteiger partial charge in [0.2, 0.25) is 0 Å². The number of benzene rings is 1. The van der Waals surface area contributed by atoms with Crippen molar-refractivity contribution >= 4 is 17.5 Å². The van der Waals surface area contributed by atoms with Crippen LogP contribution < -0.4 is 5.32 Å². The van der Waals surface area contributed by atoms with Crippen LogP contribution in [0.3, 0.4) is 0 Å². The number of tetrazole rings is 1. The van der Waals surface area contributed by atoms with E-state index in [1.54, 1.807) is 7.05 Å². The highest BCUT2D eigenvalue weighted by Crippen LogP contribution is 2.12. The molecule has 1 aromatic carbocycles. The van der Waals surface area contributed by atoms with Gasteiger partial charge in [-0.05, 0) is 17.3 Å². The smallest absolute Gasteiger partial charge is 0.270 e. The van der Waals surface area contributed by atoms with E-state index in [2.05, 4.69) is 20.7 Å². The first-order chi connectivity index (χ1) is 8.56. The molecule has 0 aliphatic rings. The Labute approximate surface area is 101 Å². The Kier molecular flexibility index (Phi) is 2.96. The number of hydrogen-bond acceptors (Lipinski definition) is 6. The number of anilines is 1. The van der Waals surface area contributed by atoms with Crippen molar-refractivity contribution in [2.75, 3.05) is 5.32 Å². The summed E-state index contributed by atoms with van der Waals surface area (Å²) in [6.07, 6.45) is 0. The number of nitro groups is 1. The maximum atomic E-state index is 11.7. The second-order valence-electron chi connectivity index (χ2n) is 3.36. The molecule has 0 unspecified atom stereocenters. The summed E-state index contributed by atoms with van der Waals surface area (Å²) in [6.45, 7) is 0. The topological polar surface area (TPSA) is 116 Å². The maximum absolute atomic E-state index is 11.7. The van der Waals surface area contributed by atoms with Gasteiger partial charge in [-0.3, -0.25) is 20.2 Å². The van der Waals surface area contributed by atoms with E-state index in [0.29, 0.717) is 0 Å². The highest BCUT2D eigenvalue weighted by Gasteiger charge is 2.11. The standard InChI is InChI=1S/C9H8N6O3/c1-14-12-9(11-13-14)10-8(16)6-2-4-7(5-3-6)15(17)18/h2-5H,1H3,(H,10,12,16). The predicted molar refractivity (Wildman–Crippen MR) is 59.8 cm³/mol. The summed E-state index contributed by atoms with van der Waals surface area (Å²) in [6, 6.07) is 5.20. The van der Waals surface area contributed by atoms with Gasteiger partial charge in [-0.2, -0.15) is 4.80 Å². The van der Waals surface area contributed by atoms with Crippen molar-refractivity contribution in [1.29, 1.82) is 0 Å². The summed E-state index contributed by atoms with van der Waals surface area (Å²) in [5.74, 6) is -0.390. The molecule has 0 saturated carbocycles. The summed E-state index contributed by atoms with van der Waals surface area (Å²) in [7, 11) is 1.56. The molecule has 0 aliphatic heterocycles. The number of hydrogen-bond donors (Lipinski definition) is 1. The highest BCUT2D eigenvalue weighted by molar-refractivity contribution is 6.03. The number of nitrogens with zero attached hydrogens (tertiary/aromatic N) is 5. The number of aryl methyl sites for hydroxylation is 1. The van der Waals surface area contributed by atoms with Gasteiger partial charge in [-0.15, -0.1) is 5.10 Å². The molecule has 9 heteroatoms. The van der Waals surface area contributed by atoms with Crippen LogP contribution in [0.4, 0.5) is 11.6 Å². The van der Waals surface area contributed by atoms with Crippen molar-refractivity contribution in [1.82, 2.24) is 20.2 Å². The molecule has 2 rings (SSSR count). The molecule has 1 N–H and O–H groups in total. The molecule has 1 aromatic heterocycles. The molecule has 0 radical (unpaired) electrons. The number of rotatable bonds is 3. The van der Waals surface area contributed by atoms with Gasteiger partial charge < -0.3 is 0 Å². The van der Waals surface area contributed by atoms with Gasteiger partial charge in [0, 0.05) is 17.7 Å². The van der Waals surface area contributed by atoms with Crippen molar-refractivity contribution in [2.24, 2.45) is 7.05 Å². The van der Waals surface area contributed by atoms with Crippen LogP contribution in [-0.2, 0) is 7.05 Å². The van der Waals surface area contributed by atoms with E-state index in [0.717, 1.165) is 0 Å². The molecule has 92 valence electrons. The average molecular weight is 248 g/mol. The monoisotopic (exact) mass is 248 g/mol. The lowest BCUT2D eigenvalue weighted by molar-refractivity contribution is -0.384. The van der Waals surface area contributed by atoms with Crippen LogP contribution in [0.25, 0.3) is 0 Å². The van der Waals surface area contributed by atoms with Gasteiger partial charge in [0.15, 0.2) is 0 Å². The lowest BCUT2D eigenvalue weighted by Gasteiger charge is -1.99. The Hall–Kier alpha value is -2.84. The van der Waals surface area contributed by atoms with Crippen LogP contribution in [0.5, 0.6) is 0 Å². The fourth-order valence-corrected chi connectivity index (χ4v) is 1.24. The van der Waals surface area contributed by atoms with Gasteiger partial charge >= 0.3 is 0 Å². The first kappa shape index (κ1) is 11.6. The van der Waals surface area contributed by atoms with Gasteiger partial charge in [-0.1, -0.05) is 5.10 Å². The molecule has 9 nitrogen and oxygen atoms in total.